The third-order valence-corrected chi connectivity index (χ3v) is 9.37. The van der Waals surface area contributed by atoms with Crippen LogP contribution in [0.5, 0.6) is 11.5 Å². The highest BCUT2D eigenvalue weighted by atomic mass is 28.1. The Hall–Kier alpha value is -2.89. The Balaban J connectivity index is 1.62. The minimum absolute atomic E-state index is 0.0417. The highest BCUT2D eigenvalue weighted by Gasteiger charge is 2.28. The maximum atomic E-state index is 12.6. The second-order valence-corrected chi connectivity index (χ2v) is 14.1. The molecule has 0 saturated carbocycles. The monoisotopic (exact) mass is 706 g/mol. The molecule has 0 bridgehead atoms. The molecule has 2 heterocycles. The Bertz CT molecular complexity index is 1290. The maximum Gasteiger partial charge on any atom is 0.407 e. The van der Waals surface area contributed by atoms with Crippen molar-refractivity contribution in [1.82, 2.24) is 10.6 Å². The van der Waals surface area contributed by atoms with Gasteiger partial charge in [-0.3, -0.25) is 0 Å². The molecule has 14 heteroatoms. The zero-order chi connectivity index (χ0) is 34.1. The molecule has 2 fully saturated rings. The molecule has 2 aromatic carbocycles. The summed E-state index contributed by atoms with van der Waals surface area (Å²) in [5, 5.41) is 7.39. The third-order valence-electron chi connectivity index (χ3n) is 7.95. The number of benzene rings is 2. The number of ether oxygens (including phenoxy) is 8. The summed E-state index contributed by atoms with van der Waals surface area (Å²) in [7, 11) is 2.20. The molecular formula is C34H54N2O10Si2. The molecule has 4 rings (SSSR count). The molecule has 268 valence electrons. The minimum atomic E-state index is -0.606. The SMILES string of the molecule is CCOCC(COc1c(CC2CO2)ccc2c(OCC3CO3)c(CC(COCC)OC(=O)NCCC[SiH3])ccc12)OC(=O)NCCC[SiH3]. The van der Waals surface area contributed by atoms with Crippen LogP contribution in [-0.4, -0.2) is 123 Å². The summed E-state index contributed by atoms with van der Waals surface area (Å²) in [6, 6.07) is 10.3. The predicted octanol–water partition coefficient (Wildman–Crippen LogP) is 2.09. The molecule has 48 heavy (non-hydrogen) atoms. The quantitative estimate of drug-likeness (QED) is 0.0949. The van der Waals surface area contributed by atoms with Crippen molar-refractivity contribution >= 4 is 43.4 Å². The van der Waals surface area contributed by atoms with E-state index in [1.165, 1.54) is 0 Å². The normalized spacial score (nSPS) is 17.9. The lowest BCUT2D eigenvalue weighted by Crippen LogP contribution is -2.35. The lowest BCUT2D eigenvalue weighted by molar-refractivity contribution is 0.00180. The van der Waals surface area contributed by atoms with E-state index < -0.39 is 24.4 Å². The van der Waals surface area contributed by atoms with Crippen LogP contribution in [0.3, 0.4) is 0 Å². The Morgan fingerprint density at radius 1 is 0.771 bits per heavy atom. The molecule has 0 radical (unpaired) electrons. The number of rotatable bonds is 24. The van der Waals surface area contributed by atoms with Gasteiger partial charge in [-0.25, -0.2) is 9.59 Å². The first-order valence-corrected chi connectivity index (χ1v) is 20.4. The van der Waals surface area contributed by atoms with Gasteiger partial charge in [0, 0.05) is 70.4 Å². The molecule has 4 unspecified atom stereocenters. The fraction of sp³-hybridized carbons (Fsp3) is 0.647. The first kappa shape index (κ1) is 37.9. The van der Waals surface area contributed by atoms with E-state index in [0.717, 1.165) is 67.3 Å². The molecular weight excluding hydrogens is 653 g/mol. The van der Waals surface area contributed by atoms with E-state index in [4.69, 9.17) is 37.9 Å². The lowest BCUT2D eigenvalue weighted by Gasteiger charge is -2.23. The van der Waals surface area contributed by atoms with Crippen molar-refractivity contribution in [3.05, 3.63) is 35.4 Å². The number of carbonyl (C=O) groups excluding carboxylic acids is 2. The fourth-order valence-electron chi connectivity index (χ4n) is 5.17. The maximum absolute atomic E-state index is 12.6. The van der Waals surface area contributed by atoms with Crippen LogP contribution in [0.1, 0.15) is 37.8 Å². The molecule has 2 aromatic rings. The topological polar surface area (TPSA) is 139 Å². The first-order valence-electron chi connectivity index (χ1n) is 17.6. The molecule has 2 aliphatic rings. The number of amides is 2. The van der Waals surface area contributed by atoms with Crippen LogP contribution in [0, 0.1) is 0 Å². The fourth-order valence-corrected chi connectivity index (χ4v) is 5.87. The summed E-state index contributed by atoms with van der Waals surface area (Å²) >= 11 is 0. The minimum Gasteiger partial charge on any atom is -0.490 e. The van der Waals surface area contributed by atoms with Crippen LogP contribution in [0.2, 0.25) is 12.1 Å². The lowest BCUT2D eigenvalue weighted by atomic mass is 9.97. The van der Waals surface area contributed by atoms with Gasteiger partial charge < -0.3 is 48.5 Å². The van der Waals surface area contributed by atoms with E-state index in [-0.39, 0.29) is 32.0 Å². The largest absolute Gasteiger partial charge is 0.490 e. The molecule has 2 saturated heterocycles. The molecule has 0 aliphatic carbocycles. The van der Waals surface area contributed by atoms with E-state index in [1.54, 1.807) is 0 Å². The third kappa shape index (κ3) is 12.9. The van der Waals surface area contributed by atoms with Crippen molar-refractivity contribution in [3.63, 3.8) is 0 Å². The summed E-state index contributed by atoms with van der Waals surface area (Å²) in [6.45, 7) is 8.33. The summed E-state index contributed by atoms with van der Waals surface area (Å²) in [5.74, 6) is 1.37. The Kier molecular flexibility index (Phi) is 16.3. The number of hydrogen-bond donors (Lipinski definition) is 2. The molecule has 4 atom stereocenters. The number of carbonyl (C=O) groups is 2. The van der Waals surface area contributed by atoms with Crippen molar-refractivity contribution in [1.29, 1.82) is 0 Å². The van der Waals surface area contributed by atoms with Crippen LogP contribution < -0.4 is 20.1 Å². The Labute approximate surface area is 290 Å². The molecule has 0 spiro atoms. The summed E-state index contributed by atoms with van der Waals surface area (Å²) in [4.78, 5) is 25.1. The van der Waals surface area contributed by atoms with Gasteiger partial charge in [0.05, 0.1) is 32.5 Å². The summed E-state index contributed by atoms with van der Waals surface area (Å²) < 4.78 is 46.8. The van der Waals surface area contributed by atoms with Gasteiger partial charge in [0.15, 0.2) is 6.10 Å². The van der Waals surface area contributed by atoms with Crippen LogP contribution >= 0.6 is 0 Å². The van der Waals surface area contributed by atoms with E-state index in [0.29, 0.717) is 70.5 Å². The van der Waals surface area contributed by atoms with Crippen LogP contribution in [0.4, 0.5) is 9.59 Å². The summed E-state index contributed by atoms with van der Waals surface area (Å²) in [5.41, 5.74) is 1.87. The van der Waals surface area contributed by atoms with E-state index in [9.17, 15) is 9.59 Å². The van der Waals surface area contributed by atoms with Crippen molar-refractivity contribution in [2.24, 2.45) is 0 Å². The highest BCUT2D eigenvalue weighted by Crippen LogP contribution is 2.40. The molecule has 0 aromatic heterocycles. The van der Waals surface area contributed by atoms with Gasteiger partial charge in [-0.15, -0.1) is 0 Å². The standard InChI is InChI=1S/C34H54N2O10Si2/c1-3-39-17-26(45-33(37)35-11-5-13-47)16-24-8-10-29-30(32(24)43-21-27-20-42-27)9-7-23(15-25-19-41-25)31(29)44-22-28(18-40-4-2)46-34(38)36-12-6-14-48/h7-10,25-28H,3-6,11-22H2,1-2,47-48H3,(H,35,37)(H,36,38). The second kappa shape index (κ2) is 20.6. The molecule has 2 amide bonds. The zero-order valence-corrected chi connectivity index (χ0v) is 33.0. The zero-order valence-electron chi connectivity index (χ0n) is 29.0. The van der Waals surface area contributed by atoms with E-state index in [1.807, 2.05) is 38.1 Å². The van der Waals surface area contributed by atoms with Crippen molar-refractivity contribution < 1.29 is 47.5 Å². The number of nitrogens with one attached hydrogen (secondary N) is 2. The number of epoxide rings is 2. The van der Waals surface area contributed by atoms with Crippen LogP contribution in [0.25, 0.3) is 10.8 Å². The van der Waals surface area contributed by atoms with Gasteiger partial charge in [-0.05, 0) is 37.8 Å². The van der Waals surface area contributed by atoms with Crippen LogP contribution in [0.15, 0.2) is 24.3 Å². The van der Waals surface area contributed by atoms with Gasteiger partial charge >= 0.3 is 12.2 Å². The number of hydrogen-bond acceptors (Lipinski definition) is 10. The molecule has 12 nitrogen and oxygen atoms in total. The van der Waals surface area contributed by atoms with E-state index >= 15 is 0 Å². The highest BCUT2D eigenvalue weighted by molar-refractivity contribution is 6.08. The van der Waals surface area contributed by atoms with Gasteiger partial charge in [-0.2, -0.15) is 0 Å². The average molecular weight is 707 g/mol. The first-order chi connectivity index (χ1) is 23.4. The van der Waals surface area contributed by atoms with Crippen LogP contribution in [-0.2, 0) is 41.3 Å². The predicted molar refractivity (Wildman–Crippen MR) is 190 cm³/mol. The van der Waals surface area contributed by atoms with Gasteiger partial charge in [0.2, 0.25) is 0 Å². The Morgan fingerprint density at radius 3 is 1.88 bits per heavy atom. The van der Waals surface area contributed by atoms with Gasteiger partial charge in [0.1, 0.15) is 36.9 Å². The number of alkyl carbamates (subject to hydrolysis) is 2. The van der Waals surface area contributed by atoms with Crippen molar-refractivity contribution in [3.8, 4) is 11.5 Å². The van der Waals surface area contributed by atoms with Crippen molar-refractivity contribution in [2.45, 2.75) is 76.0 Å². The molecule has 2 aliphatic heterocycles. The van der Waals surface area contributed by atoms with Crippen molar-refractivity contribution in [2.75, 3.05) is 65.9 Å². The summed E-state index contributed by atoms with van der Waals surface area (Å²) in [6.07, 6.45) is 1.10. The van der Waals surface area contributed by atoms with E-state index in [2.05, 4.69) is 10.6 Å². The molecule has 2 N–H and O–H groups in total. The van der Waals surface area contributed by atoms with Gasteiger partial charge in [0.25, 0.3) is 0 Å². The van der Waals surface area contributed by atoms with Gasteiger partial charge in [-0.1, -0.05) is 36.4 Å². The number of fused-ring (bicyclic) bond motifs is 1. The smallest absolute Gasteiger partial charge is 0.407 e. The second-order valence-electron chi connectivity index (χ2n) is 12.1. The Morgan fingerprint density at radius 2 is 1.31 bits per heavy atom. The average Bonchev–Trinajstić information content (AvgIpc) is 4.02.